The molecule has 4 rings (SSSR count). The van der Waals surface area contributed by atoms with Crippen LogP contribution in [0.25, 0.3) is 0 Å². The van der Waals surface area contributed by atoms with Crippen molar-refractivity contribution in [3.05, 3.63) is 11.6 Å². The summed E-state index contributed by atoms with van der Waals surface area (Å²) < 4.78 is 5.75. The van der Waals surface area contributed by atoms with Gasteiger partial charge >= 0.3 is 5.97 Å². The molecule has 0 aromatic carbocycles. The molecule has 94 valence electrons. The van der Waals surface area contributed by atoms with Crippen molar-refractivity contribution in [2.75, 3.05) is 0 Å². The van der Waals surface area contributed by atoms with Crippen LogP contribution in [-0.4, -0.2) is 11.6 Å². The Balaban J connectivity index is 1.85. The van der Waals surface area contributed by atoms with E-state index < -0.39 is 5.97 Å². The van der Waals surface area contributed by atoms with Gasteiger partial charge in [-0.2, -0.15) is 0 Å². The average Bonchev–Trinajstić information content (AvgIpc) is 2.24. The van der Waals surface area contributed by atoms with Crippen molar-refractivity contribution in [1.29, 1.82) is 0 Å². The van der Waals surface area contributed by atoms with Crippen molar-refractivity contribution < 1.29 is 9.53 Å². The Bertz CT molecular complexity index is 362. The Kier molecular flexibility index (Phi) is 2.55. The minimum absolute atomic E-state index is 0.00736. The van der Waals surface area contributed by atoms with E-state index >= 15 is 0 Å². The molecule has 0 aromatic heterocycles. The molecule has 4 saturated carbocycles. The van der Waals surface area contributed by atoms with Crippen LogP contribution < -0.4 is 0 Å². The highest BCUT2D eigenvalue weighted by atomic mass is 35.5. The third kappa shape index (κ3) is 1.72. The van der Waals surface area contributed by atoms with Crippen LogP contribution in [0.5, 0.6) is 0 Å². The number of hydrogen-bond acceptors (Lipinski definition) is 2. The zero-order valence-corrected chi connectivity index (χ0v) is 11.0. The van der Waals surface area contributed by atoms with Crippen LogP contribution in [0.4, 0.5) is 0 Å². The Morgan fingerprint density at radius 1 is 1.29 bits per heavy atom. The van der Waals surface area contributed by atoms with Crippen LogP contribution in [-0.2, 0) is 9.53 Å². The summed E-state index contributed by atoms with van der Waals surface area (Å²) in [5.74, 6) is 2.34. The van der Waals surface area contributed by atoms with E-state index in [1.165, 1.54) is 19.3 Å². The Morgan fingerprint density at radius 2 is 1.88 bits per heavy atom. The topological polar surface area (TPSA) is 26.3 Å². The number of esters is 1. The number of rotatable bonds is 2. The fraction of sp³-hybridized carbons (Fsp3) is 0.786. The van der Waals surface area contributed by atoms with Gasteiger partial charge < -0.3 is 4.74 Å². The maximum atomic E-state index is 11.7. The largest absolute Gasteiger partial charge is 0.455 e. The van der Waals surface area contributed by atoms with Crippen LogP contribution >= 0.6 is 11.6 Å². The first-order valence-corrected chi connectivity index (χ1v) is 6.96. The van der Waals surface area contributed by atoms with E-state index in [9.17, 15) is 4.79 Å². The van der Waals surface area contributed by atoms with E-state index in [4.69, 9.17) is 16.3 Å². The molecule has 0 N–H and O–H groups in total. The molecular formula is C14H19ClO2. The van der Waals surface area contributed by atoms with E-state index in [2.05, 4.69) is 13.5 Å². The molecule has 3 atom stereocenters. The molecule has 17 heavy (non-hydrogen) atoms. The van der Waals surface area contributed by atoms with E-state index in [0.717, 1.165) is 30.6 Å². The summed E-state index contributed by atoms with van der Waals surface area (Å²) >= 11 is 5.65. The number of ether oxygens (including phenoxy) is 1. The second-order valence-electron chi connectivity index (χ2n) is 6.26. The first-order valence-electron chi connectivity index (χ1n) is 6.58. The predicted molar refractivity (Wildman–Crippen MR) is 66.5 cm³/mol. The van der Waals surface area contributed by atoms with Crippen LogP contribution in [0.15, 0.2) is 11.6 Å². The van der Waals surface area contributed by atoms with Gasteiger partial charge in [-0.3, -0.25) is 0 Å². The van der Waals surface area contributed by atoms with Crippen LogP contribution in [0.3, 0.4) is 0 Å². The molecule has 0 spiro atoms. The van der Waals surface area contributed by atoms with E-state index in [1.54, 1.807) is 0 Å². The normalized spacial score (nSPS) is 46.9. The Morgan fingerprint density at radius 3 is 2.41 bits per heavy atom. The van der Waals surface area contributed by atoms with Crippen molar-refractivity contribution in [3.8, 4) is 0 Å². The van der Waals surface area contributed by atoms with Gasteiger partial charge in [0.25, 0.3) is 0 Å². The maximum absolute atomic E-state index is 11.7. The number of halogens is 1. The van der Waals surface area contributed by atoms with Gasteiger partial charge in [0.1, 0.15) is 10.6 Å². The summed E-state index contributed by atoms with van der Waals surface area (Å²) in [7, 11) is 0. The molecule has 2 nitrogen and oxygen atoms in total. The quantitative estimate of drug-likeness (QED) is 0.557. The fourth-order valence-electron chi connectivity index (χ4n) is 4.64. The molecule has 4 aliphatic rings. The van der Waals surface area contributed by atoms with Crippen molar-refractivity contribution >= 4 is 17.6 Å². The van der Waals surface area contributed by atoms with Crippen molar-refractivity contribution in [2.24, 2.45) is 23.7 Å². The number of carbonyl (C=O) groups excluding carboxylic acids is 1. The first kappa shape index (κ1) is 11.6. The minimum Gasteiger partial charge on any atom is -0.455 e. The van der Waals surface area contributed by atoms with Gasteiger partial charge in [-0.05, 0) is 55.8 Å². The summed E-state index contributed by atoms with van der Waals surface area (Å²) in [6.07, 6.45) is 6.08. The molecule has 4 bridgehead atoms. The fourth-order valence-corrected chi connectivity index (χ4v) is 4.67. The zero-order chi connectivity index (χ0) is 12.2. The van der Waals surface area contributed by atoms with Crippen molar-refractivity contribution in [3.63, 3.8) is 0 Å². The first-order chi connectivity index (χ1) is 8.00. The molecule has 0 aliphatic heterocycles. The third-order valence-electron chi connectivity index (χ3n) is 5.26. The monoisotopic (exact) mass is 254 g/mol. The molecule has 3 heteroatoms. The van der Waals surface area contributed by atoms with Crippen LogP contribution in [0.1, 0.15) is 39.0 Å². The smallest absolute Gasteiger partial charge is 0.349 e. The molecule has 0 saturated heterocycles. The zero-order valence-electron chi connectivity index (χ0n) is 10.2. The Hall–Kier alpha value is -0.500. The average molecular weight is 255 g/mol. The standard InChI is InChI=1S/C14H19ClO2/c1-8-12-4-10-3-11(5-12)7-14(8,6-10)17-13(16)9(2)15/h8,10-12H,2-7H2,1H3. The lowest BCUT2D eigenvalue weighted by Crippen LogP contribution is -2.58. The highest BCUT2D eigenvalue weighted by molar-refractivity contribution is 6.40. The molecule has 0 heterocycles. The second-order valence-corrected chi connectivity index (χ2v) is 6.71. The lowest BCUT2D eigenvalue weighted by molar-refractivity contribution is -0.201. The van der Waals surface area contributed by atoms with Crippen molar-refractivity contribution in [1.82, 2.24) is 0 Å². The molecular weight excluding hydrogens is 236 g/mol. The van der Waals surface area contributed by atoms with Gasteiger partial charge in [0, 0.05) is 0 Å². The van der Waals surface area contributed by atoms with Gasteiger partial charge in [0.2, 0.25) is 0 Å². The Labute approximate surface area is 107 Å². The number of carbonyl (C=O) groups is 1. The van der Waals surface area contributed by atoms with E-state index in [0.29, 0.717) is 5.92 Å². The van der Waals surface area contributed by atoms with Gasteiger partial charge in [0.05, 0.1) is 0 Å². The highest BCUT2D eigenvalue weighted by Crippen LogP contribution is 2.59. The summed E-state index contributed by atoms with van der Waals surface area (Å²) in [6, 6.07) is 0. The third-order valence-corrected chi connectivity index (χ3v) is 5.42. The predicted octanol–water partition coefficient (Wildman–Crippen LogP) is 3.50. The molecule has 4 fully saturated rings. The minimum atomic E-state index is -0.416. The second kappa shape index (κ2) is 3.74. The molecule has 0 radical (unpaired) electrons. The van der Waals surface area contributed by atoms with E-state index in [1.807, 2.05) is 0 Å². The summed E-state index contributed by atoms with van der Waals surface area (Å²) in [5.41, 5.74) is -0.232. The van der Waals surface area contributed by atoms with Gasteiger partial charge in [-0.15, -0.1) is 0 Å². The molecule has 4 aliphatic carbocycles. The van der Waals surface area contributed by atoms with Gasteiger partial charge in [-0.1, -0.05) is 25.1 Å². The van der Waals surface area contributed by atoms with Crippen molar-refractivity contribution in [2.45, 2.75) is 44.6 Å². The lowest BCUT2D eigenvalue weighted by atomic mass is 9.50. The molecule has 0 aromatic rings. The maximum Gasteiger partial charge on any atom is 0.349 e. The van der Waals surface area contributed by atoms with E-state index in [-0.39, 0.29) is 10.6 Å². The molecule has 0 amide bonds. The summed E-state index contributed by atoms with van der Waals surface area (Å²) in [6.45, 7) is 5.71. The van der Waals surface area contributed by atoms with Gasteiger partial charge in [-0.25, -0.2) is 4.79 Å². The lowest BCUT2D eigenvalue weighted by Gasteiger charge is -2.59. The molecule has 3 unspecified atom stereocenters. The van der Waals surface area contributed by atoms with Crippen LogP contribution in [0, 0.1) is 23.7 Å². The summed E-state index contributed by atoms with van der Waals surface area (Å²) in [5, 5.41) is 0.00736. The van der Waals surface area contributed by atoms with Gasteiger partial charge in [0.15, 0.2) is 0 Å². The summed E-state index contributed by atoms with van der Waals surface area (Å²) in [4.78, 5) is 11.7. The van der Waals surface area contributed by atoms with Crippen LogP contribution in [0.2, 0.25) is 0 Å². The highest BCUT2D eigenvalue weighted by Gasteiger charge is 2.57. The number of hydrogen-bond donors (Lipinski definition) is 0. The SMILES string of the molecule is C=C(Cl)C(=O)OC12CC3CC(CC(C3)C1C)C2.